The molecule has 0 heterocycles. The van der Waals surface area contributed by atoms with Crippen LogP contribution in [0.4, 0.5) is 18.9 Å². The predicted octanol–water partition coefficient (Wildman–Crippen LogP) is 2.78. The Morgan fingerprint density at radius 2 is 2.10 bits per heavy atom. The number of hydrogen-bond donors (Lipinski definition) is 2. The Morgan fingerprint density at radius 1 is 1.40 bits per heavy atom. The molecule has 0 saturated heterocycles. The van der Waals surface area contributed by atoms with E-state index >= 15 is 0 Å². The number of hydrogen-bond acceptors (Lipinski definition) is 3. The Labute approximate surface area is 115 Å². The molecule has 7 heteroatoms. The number of halogens is 3. The minimum atomic E-state index is -4.47. The van der Waals surface area contributed by atoms with Crippen LogP contribution in [0, 0.1) is 0 Å². The van der Waals surface area contributed by atoms with Gasteiger partial charge in [0.15, 0.2) is 0 Å². The van der Waals surface area contributed by atoms with Crippen LogP contribution in [0.2, 0.25) is 0 Å². The number of carbonyl (C=O) groups is 1. The van der Waals surface area contributed by atoms with Crippen LogP contribution in [0.5, 0.6) is 5.75 Å². The van der Waals surface area contributed by atoms with Crippen molar-refractivity contribution in [1.29, 1.82) is 0 Å². The van der Waals surface area contributed by atoms with Crippen molar-refractivity contribution in [2.75, 3.05) is 18.5 Å². The van der Waals surface area contributed by atoms with Crippen molar-refractivity contribution in [1.82, 2.24) is 0 Å². The average Bonchev–Trinajstić information content (AvgIpc) is 2.37. The monoisotopic (exact) mass is 290 g/mol. The molecule has 1 rings (SSSR count). The first-order chi connectivity index (χ1) is 9.38. The van der Waals surface area contributed by atoms with Gasteiger partial charge in [-0.05, 0) is 38.1 Å². The summed E-state index contributed by atoms with van der Waals surface area (Å²) in [4.78, 5) is 11.6. The molecule has 0 aliphatic carbocycles. The summed E-state index contributed by atoms with van der Waals surface area (Å²) < 4.78 is 43.2. The third-order valence-corrected chi connectivity index (χ3v) is 2.49. The van der Waals surface area contributed by atoms with E-state index in [0.717, 1.165) is 12.1 Å². The summed E-state index contributed by atoms with van der Waals surface area (Å²) in [6.45, 7) is 2.34. The van der Waals surface area contributed by atoms with Gasteiger partial charge in [-0.25, -0.2) is 0 Å². The van der Waals surface area contributed by atoms with Crippen LogP contribution in [-0.4, -0.2) is 19.1 Å². The zero-order chi connectivity index (χ0) is 15.2. The average molecular weight is 290 g/mol. The molecule has 0 atom stereocenters. The lowest BCUT2D eigenvalue weighted by atomic mass is 10.1. The van der Waals surface area contributed by atoms with Crippen LogP contribution < -0.4 is 15.8 Å². The summed E-state index contributed by atoms with van der Waals surface area (Å²) in [6, 6.07) is 2.98. The largest absolute Gasteiger partial charge is 0.492 e. The summed E-state index contributed by atoms with van der Waals surface area (Å²) in [5.41, 5.74) is 4.45. The molecule has 3 N–H and O–H groups in total. The normalized spacial score (nSPS) is 11.2. The van der Waals surface area contributed by atoms with Crippen molar-refractivity contribution in [2.45, 2.75) is 25.9 Å². The number of nitrogens with one attached hydrogen (secondary N) is 1. The predicted molar refractivity (Wildman–Crippen MR) is 69.5 cm³/mol. The number of carbonyl (C=O) groups excluding carboxylic acids is 1. The quantitative estimate of drug-likeness (QED) is 0.846. The highest BCUT2D eigenvalue weighted by Gasteiger charge is 2.31. The zero-order valence-corrected chi connectivity index (χ0v) is 11.1. The highest BCUT2D eigenvalue weighted by molar-refractivity contribution is 5.92. The summed E-state index contributed by atoms with van der Waals surface area (Å²) in [5.74, 6) is -0.183. The lowest BCUT2D eigenvalue weighted by Gasteiger charge is -2.14. The van der Waals surface area contributed by atoms with Gasteiger partial charge in [-0.1, -0.05) is 0 Å². The number of alkyl halides is 3. The molecule has 0 radical (unpaired) electrons. The van der Waals surface area contributed by atoms with Gasteiger partial charge in [0.2, 0.25) is 5.91 Å². The van der Waals surface area contributed by atoms with E-state index in [1.165, 1.54) is 6.07 Å². The topological polar surface area (TPSA) is 64.3 Å². The van der Waals surface area contributed by atoms with E-state index in [-0.39, 0.29) is 24.5 Å². The lowest BCUT2D eigenvalue weighted by Crippen LogP contribution is -2.15. The zero-order valence-electron chi connectivity index (χ0n) is 11.1. The third kappa shape index (κ3) is 4.73. The first-order valence-corrected chi connectivity index (χ1v) is 6.22. The molecule has 1 aromatic rings. The van der Waals surface area contributed by atoms with Gasteiger partial charge in [0.05, 0.1) is 17.9 Å². The first kappa shape index (κ1) is 16.3. The molecule has 0 bridgehead atoms. The fourth-order valence-electron chi connectivity index (χ4n) is 1.56. The lowest BCUT2D eigenvalue weighted by molar-refractivity contribution is -0.137. The van der Waals surface area contributed by atoms with Crippen LogP contribution >= 0.6 is 0 Å². The second kappa shape index (κ2) is 7.14. The fourth-order valence-corrected chi connectivity index (χ4v) is 1.56. The molecule has 112 valence electrons. The van der Waals surface area contributed by atoms with E-state index in [9.17, 15) is 18.0 Å². The van der Waals surface area contributed by atoms with Crippen LogP contribution in [0.15, 0.2) is 18.2 Å². The molecule has 0 saturated carbocycles. The second-order valence-corrected chi connectivity index (χ2v) is 4.08. The first-order valence-electron chi connectivity index (χ1n) is 6.22. The maximum absolute atomic E-state index is 12.7. The van der Waals surface area contributed by atoms with Gasteiger partial charge < -0.3 is 15.8 Å². The molecule has 0 spiro atoms. The Balaban J connectivity index is 2.96. The maximum atomic E-state index is 12.7. The molecule has 4 nitrogen and oxygen atoms in total. The minimum Gasteiger partial charge on any atom is -0.492 e. The standard InChI is InChI=1S/C13H17F3N2O2/c1-2-20-11-6-5-9(13(14,15)16)8-10(11)18-12(19)4-3-7-17/h5-6,8H,2-4,7,17H2,1H3,(H,18,19). The fraction of sp³-hybridized carbons (Fsp3) is 0.462. The number of benzene rings is 1. The number of anilines is 1. The van der Waals surface area contributed by atoms with Crippen LogP contribution in [0.1, 0.15) is 25.3 Å². The van der Waals surface area contributed by atoms with E-state index in [4.69, 9.17) is 10.5 Å². The summed E-state index contributed by atoms with van der Waals surface area (Å²) >= 11 is 0. The van der Waals surface area contributed by atoms with E-state index in [1.807, 2.05) is 0 Å². The molecular formula is C13H17F3N2O2. The van der Waals surface area contributed by atoms with Gasteiger partial charge in [-0.3, -0.25) is 4.79 Å². The van der Waals surface area contributed by atoms with E-state index in [2.05, 4.69) is 5.32 Å². The number of amides is 1. The Bertz CT molecular complexity index is 461. The van der Waals surface area contributed by atoms with Crippen molar-refractivity contribution in [3.05, 3.63) is 23.8 Å². The molecule has 1 amide bonds. The second-order valence-electron chi connectivity index (χ2n) is 4.08. The van der Waals surface area contributed by atoms with Crippen molar-refractivity contribution in [3.8, 4) is 5.75 Å². The Kier molecular flexibility index (Phi) is 5.82. The van der Waals surface area contributed by atoms with E-state index < -0.39 is 17.6 Å². The summed E-state index contributed by atoms with van der Waals surface area (Å²) in [5, 5.41) is 2.42. The minimum absolute atomic E-state index is 0.0173. The highest BCUT2D eigenvalue weighted by Crippen LogP contribution is 2.35. The molecule has 20 heavy (non-hydrogen) atoms. The molecule has 0 aliphatic heterocycles. The van der Waals surface area contributed by atoms with Gasteiger partial charge in [0.1, 0.15) is 5.75 Å². The van der Waals surface area contributed by atoms with Gasteiger partial charge in [-0.15, -0.1) is 0 Å². The molecule has 0 aromatic heterocycles. The molecule has 0 fully saturated rings. The van der Waals surface area contributed by atoms with Gasteiger partial charge in [0.25, 0.3) is 0 Å². The molecule has 0 unspecified atom stereocenters. The molecule has 0 aliphatic rings. The summed E-state index contributed by atoms with van der Waals surface area (Å²) in [6.07, 6.45) is -3.85. The van der Waals surface area contributed by atoms with Crippen molar-refractivity contribution < 1.29 is 22.7 Å². The Hall–Kier alpha value is -1.76. The van der Waals surface area contributed by atoms with Crippen molar-refractivity contribution in [3.63, 3.8) is 0 Å². The molecular weight excluding hydrogens is 273 g/mol. The summed E-state index contributed by atoms with van der Waals surface area (Å²) in [7, 11) is 0. The number of ether oxygens (including phenoxy) is 1. The molecule has 1 aromatic carbocycles. The number of rotatable bonds is 6. The smallest absolute Gasteiger partial charge is 0.416 e. The third-order valence-electron chi connectivity index (χ3n) is 2.49. The highest BCUT2D eigenvalue weighted by atomic mass is 19.4. The van der Waals surface area contributed by atoms with Gasteiger partial charge in [0, 0.05) is 6.42 Å². The van der Waals surface area contributed by atoms with Crippen molar-refractivity contribution >= 4 is 11.6 Å². The van der Waals surface area contributed by atoms with Crippen LogP contribution in [-0.2, 0) is 11.0 Å². The Morgan fingerprint density at radius 3 is 2.65 bits per heavy atom. The van der Waals surface area contributed by atoms with Crippen molar-refractivity contribution in [2.24, 2.45) is 5.73 Å². The van der Waals surface area contributed by atoms with E-state index in [0.29, 0.717) is 13.0 Å². The van der Waals surface area contributed by atoms with E-state index in [1.54, 1.807) is 6.92 Å². The SMILES string of the molecule is CCOc1ccc(C(F)(F)F)cc1NC(=O)CCCN. The van der Waals surface area contributed by atoms with Gasteiger partial charge >= 0.3 is 6.18 Å². The maximum Gasteiger partial charge on any atom is 0.416 e. The number of nitrogens with two attached hydrogens (primary N) is 1. The van der Waals surface area contributed by atoms with Crippen LogP contribution in [0.3, 0.4) is 0 Å². The van der Waals surface area contributed by atoms with Gasteiger partial charge in [-0.2, -0.15) is 13.2 Å². The van der Waals surface area contributed by atoms with Crippen LogP contribution in [0.25, 0.3) is 0 Å².